The molecule has 1 fully saturated rings. The van der Waals surface area contributed by atoms with Gasteiger partial charge in [0.15, 0.2) is 0 Å². The van der Waals surface area contributed by atoms with Crippen LogP contribution in [0, 0.1) is 0 Å². The van der Waals surface area contributed by atoms with Gasteiger partial charge in [-0.3, -0.25) is 0 Å². The molecule has 0 radical (unpaired) electrons. The van der Waals surface area contributed by atoms with Gasteiger partial charge in [-0.2, -0.15) is 0 Å². The van der Waals surface area contributed by atoms with Crippen molar-refractivity contribution >= 4 is 15.4 Å². The van der Waals surface area contributed by atoms with Gasteiger partial charge in [-0.15, -0.1) is 0 Å². The summed E-state index contributed by atoms with van der Waals surface area (Å²) in [6.45, 7) is 0.542. The average molecular weight is 251 g/mol. The lowest BCUT2D eigenvalue weighted by Gasteiger charge is -2.05. The number of phenols is 1. The van der Waals surface area contributed by atoms with E-state index in [0.717, 1.165) is 18.4 Å². The number of phenolic OH excluding ortho intramolecular Hbond substituents is 1. The van der Waals surface area contributed by atoms with Gasteiger partial charge >= 0.3 is 0 Å². The van der Waals surface area contributed by atoms with Crippen molar-refractivity contribution < 1.29 is 13.5 Å². The molecular formula is C12H13NO3S. The van der Waals surface area contributed by atoms with Crippen LogP contribution in [-0.4, -0.2) is 26.1 Å². The summed E-state index contributed by atoms with van der Waals surface area (Å²) in [6, 6.07) is 4.91. The summed E-state index contributed by atoms with van der Waals surface area (Å²) in [4.78, 5) is 0.294. The number of nitrogens with one attached hydrogen (secondary N) is 1. The molecule has 1 heterocycles. The zero-order chi connectivity index (χ0) is 12.0. The van der Waals surface area contributed by atoms with Gasteiger partial charge < -0.3 is 10.4 Å². The lowest BCUT2D eigenvalue weighted by molar-refractivity contribution is 0.474. The molecule has 1 aliphatic carbocycles. The Morgan fingerprint density at radius 3 is 2.82 bits per heavy atom. The monoisotopic (exact) mass is 251 g/mol. The zero-order valence-electron chi connectivity index (χ0n) is 9.18. The molecule has 1 aliphatic heterocycles. The van der Waals surface area contributed by atoms with Crippen molar-refractivity contribution in [1.82, 2.24) is 5.32 Å². The van der Waals surface area contributed by atoms with Gasteiger partial charge in [0.05, 0.1) is 4.90 Å². The van der Waals surface area contributed by atoms with E-state index in [-0.39, 0.29) is 5.75 Å². The second-order valence-electron chi connectivity index (χ2n) is 4.52. The van der Waals surface area contributed by atoms with Gasteiger partial charge in [0.25, 0.3) is 0 Å². The molecule has 1 aromatic carbocycles. The molecular weight excluding hydrogens is 238 g/mol. The lowest BCUT2D eigenvalue weighted by atomic mass is 10.1. The van der Waals surface area contributed by atoms with Crippen LogP contribution in [0.2, 0.25) is 0 Å². The van der Waals surface area contributed by atoms with Crippen molar-refractivity contribution in [1.29, 1.82) is 0 Å². The zero-order valence-corrected chi connectivity index (χ0v) is 10.00. The Labute approximate surface area is 99.9 Å². The van der Waals surface area contributed by atoms with E-state index in [1.807, 2.05) is 0 Å². The summed E-state index contributed by atoms with van der Waals surface area (Å²) in [5, 5.41) is 14.0. The number of fused-ring (bicyclic) bond motifs is 1. The smallest absolute Gasteiger partial charge is 0.200 e. The molecule has 2 aliphatic rings. The second-order valence-corrected chi connectivity index (χ2v) is 6.29. The Morgan fingerprint density at radius 2 is 2.12 bits per heavy atom. The van der Waals surface area contributed by atoms with Crippen molar-refractivity contribution in [2.24, 2.45) is 0 Å². The highest BCUT2D eigenvalue weighted by Gasteiger charge is 2.28. The van der Waals surface area contributed by atoms with Crippen LogP contribution in [-0.2, 0) is 9.84 Å². The van der Waals surface area contributed by atoms with E-state index in [4.69, 9.17) is 0 Å². The fraction of sp³-hybridized carbons (Fsp3) is 0.333. The minimum absolute atomic E-state index is 0.0955. The Balaban J connectivity index is 1.97. The van der Waals surface area contributed by atoms with Gasteiger partial charge in [0.1, 0.15) is 5.75 Å². The Bertz CT molecular complexity index is 600. The van der Waals surface area contributed by atoms with E-state index < -0.39 is 9.84 Å². The van der Waals surface area contributed by atoms with E-state index in [1.165, 1.54) is 23.6 Å². The number of hydrogen-bond donors (Lipinski definition) is 2. The largest absolute Gasteiger partial charge is 0.508 e. The minimum atomic E-state index is -3.31. The summed E-state index contributed by atoms with van der Waals surface area (Å²) in [7, 11) is -3.31. The van der Waals surface area contributed by atoms with Crippen LogP contribution in [0.4, 0.5) is 0 Å². The maximum atomic E-state index is 11.8. The van der Waals surface area contributed by atoms with E-state index in [9.17, 15) is 13.5 Å². The summed E-state index contributed by atoms with van der Waals surface area (Å²) in [5.74, 6) is 0.0955. The third kappa shape index (κ3) is 1.96. The Hall–Kier alpha value is -1.33. The standard InChI is InChI=1S/C12H13NO3S/c14-10-3-4-12-11(5-10)8(7-17(12,15)16)6-13-9-1-2-9/h3-5,7,9,13-14H,1-2,6H2. The summed E-state index contributed by atoms with van der Waals surface area (Å²) < 4.78 is 23.7. The highest BCUT2D eigenvalue weighted by molar-refractivity contribution is 7.95. The molecule has 0 atom stereocenters. The van der Waals surface area contributed by atoms with Crippen molar-refractivity contribution in [3.05, 3.63) is 29.2 Å². The van der Waals surface area contributed by atoms with Gasteiger partial charge in [-0.05, 0) is 36.6 Å². The van der Waals surface area contributed by atoms with Crippen LogP contribution in [0.15, 0.2) is 28.5 Å². The summed E-state index contributed by atoms with van der Waals surface area (Å²) in [6.07, 6.45) is 2.32. The van der Waals surface area contributed by atoms with E-state index in [0.29, 0.717) is 23.0 Å². The molecule has 5 heteroatoms. The lowest BCUT2D eigenvalue weighted by Crippen LogP contribution is -2.18. The molecule has 90 valence electrons. The summed E-state index contributed by atoms with van der Waals surface area (Å²) >= 11 is 0. The number of aromatic hydroxyl groups is 1. The van der Waals surface area contributed by atoms with Crippen LogP contribution in [0.1, 0.15) is 18.4 Å². The molecule has 17 heavy (non-hydrogen) atoms. The molecule has 3 rings (SSSR count). The van der Waals surface area contributed by atoms with Gasteiger partial charge in [-0.25, -0.2) is 8.42 Å². The third-order valence-corrected chi connectivity index (χ3v) is 4.64. The topological polar surface area (TPSA) is 66.4 Å². The van der Waals surface area contributed by atoms with Crippen molar-refractivity contribution in [3.8, 4) is 5.75 Å². The van der Waals surface area contributed by atoms with Crippen LogP contribution >= 0.6 is 0 Å². The first kappa shape index (κ1) is 10.8. The van der Waals surface area contributed by atoms with Gasteiger partial charge in [0.2, 0.25) is 9.84 Å². The first-order chi connectivity index (χ1) is 8.06. The number of rotatable bonds is 3. The summed E-state index contributed by atoms with van der Waals surface area (Å²) in [5.41, 5.74) is 1.36. The molecule has 1 saturated carbocycles. The third-order valence-electron chi connectivity index (χ3n) is 3.07. The van der Waals surface area contributed by atoms with Gasteiger partial charge in [0, 0.05) is 23.6 Å². The minimum Gasteiger partial charge on any atom is -0.508 e. The molecule has 0 amide bonds. The highest BCUT2D eigenvalue weighted by atomic mass is 32.2. The van der Waals surface area contributed by atoms with Crippen molar-refractivity contribution in [3.63, 3.8) is 0 Å². The van der Waals surface area contributed by atoms with E-state index >= 15 is 0 Å². The molecule has 2 N–H and O–H groups in total. The van der Waals surface area contributed by atoms with Crippen LogP contribution in [0.25, 0.3) is 5.57 Å². The average Bonchev–Trinajstić information content (AvgIpc) is 3.03. The van der Waals surface area contributed by atoms with Crippen molar-refractivity contribution in [2.75, 3.05) is 6.54 Å². The number of sulfone groups is 1. The predicted molar refractivity (Wildman–Crippen MR) is 64.3 cm³/mol. The SMILES string of the molecule is O=S1(=O)C=C(CNC2CC2)c2cc(O)ccc21. The van der Waals surface area contributed by atoms with E-state index in [1.54, 1.807) is 0 Å². The number of benzene rings is 1. The Morgan fingerprint density at radius 1 is 1.35 bits per heavy atom. The quantitative estimate of drug-likeness (QED) is 0.849. The predicted octanol–water partition coefficient (Wildman–Crippen LogP) is 1.27. The molecule has 1 aromatic rings. The maximum Gasteiger partial charge on any atom is 0.200 e. The Kier molecular flexibility index (Phi) is 2.27. The second kappa shape index (κ2) is 3.58. The van der Waals surface area contributed by atoms with E-state index in [2.05, 4.69) is 5.32 Å². The number of hydrogen-bond acceptors (Lipinski definition) is 4. The van der Waals surface area contributed by atoms with Crippen molar-refractivity contribution in [2.45, 2.75) is 23.8 Å². The first-order valence-corrected chi connectivity index (χ1v) is 7.13. The molecule has 0 spiro atoms. The normalized spacial score (nSPS) is 21.1. The molecule has 0 saturated heterocycles. The molecule has 4 nitrogen and oxygen atoms in total. The maximum absolute atomic E-state index is 11.8. The highest BCUT2D eigenvalue weighted by Crippen LogP contribution is 2.35. The molecule has 0 aromatic heterocycles. The fourth-order valence-electron chi connectivity index (χ4n) is 2.01. The fourth-order valence-corrected chi connectivity index (χ4v) is 3.48. The van der Waals surface area contributed by atoms with Crippen LogP contribution < -0.4 is 5.32 Å². The molecule has 0 unspecified atom stereocenters. The first-order valence-electron chi connectivity index (χ1n) is 5.59. The van der Waals surface area contributed by atoms with Gasteiger partial charge in [-0.1, -0.05) is 0 Å². The van der Waals surface area contributed by atoms with Crippen LogP contribution in [0.3, 0.4) is 0 Å². The van der Waals surface area contributed by atoms with Crippen LogP contribution in [0.5, 0.6) is 5.75 Å². The molecule has 0 bridgehead atoms.